The van der Waals surface area contributed by atoms with Crippen LogP contribution in [0.2, 0.25) is 0 Å². The Morgan fingerprint density at radius 1 is 1.62 bits per heavy atom. The Balaban J connectivity index is 2.20. The highest BCUT2D eigenvalue weighted by atomic mass is 32.2. The zero-order valence-electron chi connectivity index (χ0n) is 8.29. The van der Waals surface area contributed by atoms with E-state index in [4.69, 9.17) is 0 Å². The summed E-state index contributed by atoms with van der Waals surface area (Å²) in [6.07, 6.45) is 8.13. The van der Waals surface area contributed by atoms with Gasteiger partial charge in [-0.2, -0.15) is 16.9 Å². The molecular weight excluding hydrogens is 180 g/mol. The van der Waals surface area contributed by atoms with Gasteiger partial charge in [0.25, 0.3) is 0 Å². The Bertz CT molecular complexity index is 289. The van der Waals surface area contributed by atoms with Gasteiger partial charge in [0, 0.05) is 11.9 Å². The third-order valence-corrected chi connectivity index (χ3v) is 3.04. The molecule has 0 spiro atoms. The van der Waals surface area contributed by atoms with Crippen molar-refractivity contribution in [1.29, 1.82) is 0 Å². The van der Waals surface area contributed by atoms with Gasteiger partial charge in [0.1, 0.15) is 0 Å². The summed E-state index contributed by atoms with van der Waals surface area (Å²) in [4.78, 5) is 0. The number of hydrogen-bond donors (Lipinski definition) is 0. The van der Waals surface area contributed by atoms with Crippen LogP contribution in [0.1, 0.15) is 37.1 Å². The molecule has 3 heteroatoms. The molecule has 0 atom stereocenters. The van der Waals surface area contributed by atoms with Gasteiger partial charge in [-0.25, -0.2) is 0 Å². The highest BCUT2D eigenvalue weighted by molar-refractivity contribution is 7.97. The molecule has 1 aromatic rings. The van der Waals surface area contributed by atoms with Gasteiger partial charge in [0.15, 0.2) is 0 Å². The van der Waals surface area contributed by atoms with Gasteiger partial charge >= 0.3 is 0 Å². The second kappa shape index (κ2) is 3.74. The summed E-state index contributed by atoms with van der Waals surface area (Å²) in [5, 5.41) is 4.63. The zero-order valence-corrected chi connectivity index (χ0v) is 9.10. The number of aromatic nitrogens is 2. The summed E-state index contributed by atoms with van der Waals surface area (Å²) in [6.45, 7) is 2.21. The molecule has 1 saturated carbocycles. The summed E-state index contributed by atoms with van der Waals surface area (Å²) in [6, 6.07) is 0.723. The summed E-state index contributed by atoms with van der Waals surface area (Å²) < 4.78 is 2.17. The van der Waals surface area contributed by atoms with Gasteiger partial charge in [-0.05, 0) is 31.1 Å². The molecule has 13 heavy (non-hydrogen) atoms. The lowest BCUT2D eigenvalue weighted by atomic mass is 10.2. The lowest BCUT2D eigenvalue weighted by Gasteiger charge is -1.95. The molecule has 0 amide bonds. The molecule has 1 aliphatic rings. The predicted molar refractivity (Wildman–Crippen MR) is 57.1 cm³/mol. The van der Waals surface area contributed by atoms with Crippen molar-refractivity contribution in [3.05, 3.63) is 17.5 Å². The fourth-order valence-corrected chi connectivity index (χ4v) is 2.06. The van der Waals surface area contributed by atoms with Crippen molar-refractivity contribution < 1.29 is 0 Å². The van der Waals surface area contributed by atoms with Crippen LogP contribution < -0.4 is 0 Å². The monoisotopic (exact) mass is 196 g/mol. The number of nitrogens with zero attached hydrogens (tertiary/aromatic N) is 2. The van der Waals surface area contributed by atoms with Gasteiger partial charge in [-0.1, -0.05) is 6.92 Å². The average Bonchev–Trinajstić information content (AvgIpc) is 2.90. The highest BCUT2D eigenvalue weighted by Crippen LogP contribution is 2.34. The van der Waals surface area contributed by atoms with Crippen LogP contribution in [0.25, 0.3) is 0 Å². The number of thioether (sulfide) groups is 1. The third-order valence-electron chi connectivity index (χ3n) is 2.48. The molecule has 0 aliphatic heterocycles. The molecule has 1 fully saturated rings. The summed E-state index contributed by atoms with van der Waals surface area (Å²) >= 11 is 1.85. The molecule has 0 saturated heterocycles. The molecule has 1 aliphatic carbocycles. The van der Waals surface area contributed by atoms with Gasteiger partial charge < -0.3 is 0 Å². The maximum atomic E-state index is 4.63. The minimum Gasteiger partial charge on any atom is -0.269 e. The first-order valence-corrected chi connectivity index (χ1v) is 6.30. The molecule has 0 radical (unpaired) electrons. The first-order valence-electron chi connectivity index (χ1n) is 4.91. The van der Waals surface area contributed by atoms with Crippen molar-refractivity contribution in [3.8, 4) is 0 Å². The average molecular weight is 196 g/mol. The second-order valence-electron chi connectivity index (χ2n) is 3.60. The van der Waals surface area contributed by atoms with Crippen LogP contribution in [0.3, 0.4) is 0 Å². The van der Waals surface area contributed by atoms with Crippen LogP contribution in [-0.4, -0.2) is 16.0 Å². The van der Waals surface area contributed by atoms with E-state index in [-0.39, 0.29) is 0 Å². The highest BCUT2D eigenvalue weighted by Gasteiger charge is 2.25. The van der Waals surface area contributed by atoms with Gasteiger partial charge in [-0.3, -0.25) is 4.68 Å². The maximum Gasteiger partial charge on any atom is 0.0755 e. The first-order chi connectivity index (χ1) is 6.35. The number of rotatable bonds is 4. The first kappa shape index (κ1) is 9.13. The van der Waals surface area contributed by atoms with Crippen LogP contribution in [-0.2, 0) is 12.2 Å². The lowest BCUT2D eigenvalue weighted by molar-refractivity contribution is 0.634. The van der Waals surface area contributed by atoms with Crippen molar-refractivity contribution in [2.45, 2.75) is 38.0 Å². The van der Waals surface area contributed by atoms with E-state index in [0.717, 1.165) is 18.2 Å². The summed E-state index contributed by atoms with van der Waals surface area (Å²) in [7, 11) is 0. The Morgan fingerprint density at radius 2 is 2.38 bits per heavy atom. The van der Waals surface area contributed by atoms with Crippen molar-refractivity contribution in [3.63, 3.8) is 0 Å². The standard InChI is InChI=1S/C10H16N2S/c1-3-8-6-12(9-4-5-9)11-10(8)7-13-2/h6,9H,3-5,7H2,1-2H3. The Labute approximate surface area is 83.7 Å². The Morgan fingerprint density at radius 3 is 2.92 bits per heavy atom. The largest absolute Gasteiger partial charge is 0.269 e. The van der Waals surface area contributed by atoms with E-state index in [2.05, 4.69) is 29.2 Å². The maximum absolute atomic E-state index is 4.63. The van der Waals surface area contributed by atoms with Gasteiger partial charge in [0.2, 0.25) is 0 Å². The molecule has 0 unspecified atom stereocenters. The molecule has 72 valence electrons. The Hall–Kier alpha value is -0.440. The van der Waals surface area contributed by atoms with E-state index < -0.39 is 0 Å². The van der Waals surface area contributed by atoms with Crippen molar-refractivity contribution in [2.24, 2.45) is 0 Å². The molecule has 0 aromatic carbocycles. The molecule has 0 bridgehead atoms. The van der Waals surface area contributed by atoms with Gasteiger partial charge in [-0.15, -0.1) is 0 Å². The van der Waals surface area contributed by atoms with Crippen molar-refractivity contribution >= 4 is 11.8 Å². The van der Waals surface area contributed by atoms with E-state index in [9.17, 15) is 0 Å². The van der Waals surface area contributed by atoms with E-state index in [0.29, 0.717) is 0 Å². The van der Waals surface area contributed by atoms with E-state index in [1.165, 1.54) is 24.1 Å². The molecule has 1 heterocycles. The van der Waals surface area contributed by atoms with Crippen LogP contribution in [0, 0.1) is 0 Å². The van der Waals surface area contributed by atoms with Crippen LogP contribution in [0.15, 0.2) is 6.20 Å². The topological polar surface area (TPSA) is 17.8 Å². The van der Waals surface area contributed by atoms with Crippen LogP contribution in [0.5, 0.6) is 0 Å². The van der Waals surface area contributed by atoms with Crippen LogP contribution >= 0.6 is 11.8 Å². The quantitative estimate of drug-likeness (QED) is 0.736. The normalized spacial score (nSPS) is 16.5. The van der Waals surface area contributed by atoms with Gasteiger partial charge in [0.05, 0.1) is 11.7 Å². The SMILES string of the molecule is CCc1cn(C2CC2)nc1CSC. The smallest absolute Gasteiger partial charge is 0.0755 e. The van der Waals surface area contributed by atoms with E-state index in [1.807, 2.05) is 11.8 Å². The Kier molecular flexibility index (Phi) is 2.63. The minimum atomic E-state index is 0.723. The molecule has 2 rings (SSSR count). The minimum absolute atomic E-state index is 0.723. The third kappa shape index (κ3) is 1.90. The number of hydrogen-bond acceptors (Lipinski definition) is 2. The molecule has 2 nitrogen and oxygen atoms in total. The van der Waals surface area contributed by atoms with E-state index >= 15 is 0 Å². The van der Waals surface area contributed by atoms with Crippen molar-refractivity contribution in [1.82, 2.24) is 9.78 Å². The summed E-state index contributed by atoms with van der Waals surface area (Å²) in [5.74, 6) is 1.06. The second-order valence-corrected chi connectivity index (χ2v) is 4.46. The zero-order chi connectivity index (χ0) is 9.26. The predicted octanol–water partition coefficient (Wildman–Crippen LogP) is 2.64. The van der Waals surface area contributed by atoms with E-state index in [1.54, 1.807) is 0 Å². The summed E-state index contributed by atoms with van der Waals surface area (Å²) in [5.41, 5.74) is 2.73. The molecular formula is C10H16N2S. The molecule has 1 aromatic heterocycles. The van der Waals surface area contributed by atoms with Crippen molar-refractivity contribution in [2.75, 3.05) is 6.26 Å². The van der Waals surface area contributed by atoms with Crippen LogP contribution in [0.4, 0.5) is 0 Å². The lowest BCUT2D eigenvalue weighted by Crippen LogP contribution is -1.94. The fourth-order valence-electron chi connectivity index (χ4n) is 1.55. The number of aryl methyl sites for hydroxylation is 1. The fraction of sp³-hybridized carbons (Fsp3) is 0.700. The molecule has 0 N–H and O–H groups in total.